The third-order valence-electron chi connectivity index (χ3n) is 8.22. The number of hydrogen-bond donors (Lipinski definition) is 4. The lowest BCUT2D eigenvalue weighted by molar-refractivity contribution is -0.127. The van der Waals surface area contributed by atoms with Crippen molar-refractivity contribution < 1.29 is 29.0 Å². The van der Waals surface area contributed by atoms with Crippen LogP contribution in [0.3, 0.4) is 0 Å². The minimum atomic E-state index is -0.945. The maximum atomic E-state index is 14.3. The van der Waals surface area contributed by atoms with Gasteiger partial charge in [0.05, 0.1) is 0 Å². The smallest absolute Gasteiger partial charge is 0.407 e. The number of rotatable bonds is 10. The molecule has 0 bridgehead atoms. The number of H-pyrrole nitrogens is 1. The molecule has 4 aromatic rings. The molecule has 2 heterocycles. The number of ether oxygens (including phenoxy) is 1. The molecule has 2 aromatic carbocycles. The highest BCUT2D eigenvalue weighted by atomic mass is 35.5. The van der Waals surface area contributed by atoms with Crippen LogP contribution < -0.4 is 16.0 Å². The number of carbonyl (C=O) groups is 4. The van der Waals surface area contributed by atoms with E-state index in [0.29, 0.717) is 36.1 Å². The third-order valence-corrected chi connectivity index (χ3v) is 8.53. The summed E-state index contributed by atoms with van der Waals surface area (Å²) in [6.07, 6.45) is 4.12. The largest absolute Gasteiger partial charge is 0.483 e. The van der Waals surface area contributed by atoms with Crippen LogP contribution in [0.15, 0.2) is 66.9 Å². The quantitative estimate of drug-likeness (QED) is 0.128. The van der Waals surface area contributed by atoms with Gasteiger partial charge >= 0.3 is 6.09 Å². The number of hydrogen-bond acceptors (Lipinski definition) is 9. The zero-order chi connectivity index (χ0) is 36.3. The summed E-state index contributed by atoms with van der Waals surface area (Å²) < 4.78 is 5.36. The summed E-state index contributed by atoms with van der Waals surface area (Å²) in [5.74, 6) is -0.402. The van der Waals surface area contributed by atoms with Crippen molar-refractivity contribution in [1.29, 1.82) is 0 Å². The second-order valence-electron chi connectivity index (χ2n) is 12.9. The number of carbonyl (C=O) groups excluding carboxylic acids is 3. The molecule has 0 aliphatic heterocycles. The number of carboxylic acid groups (broad SMARTS) is 1. The van der Waals surface area contributed by atoms with Crippen LogP contribution in [-0.2, 0) is 25.5 Å². The number of primary amides is 1. The molecule has 1 atom stereocenters. The number of anilines is 1. The number of nitrogens with two attached hydrogens (primary N) is 1. The summed E-state index contributed by atoms with van der Waals surface area (Å²) in [7, 11) is 0. The third kappa shape index (κ3) is 10.3. The van der Waals surface area contributed by atoms with Crippen molar-refractivity contribution in [3.8, 4) is 22.5 Å². The van der Waals surface area contributed by atoms with E-state index >= 15 is 0 Å². The van der Waals surface area contributed by atoms with Crippen LogP contribution in [-0.4, -0.2) is 73.3 Å². The van der Waals surface area contributed by atoms with Crippen LogP contribution >= 0.6 is 11.6 Å². The number of halogens is 1. The van der Waals surface area contributed by atoms with Crippen LogP contribution in [0.2, 0.25) is 5.15 Å². The summed E-state index contributed by atoms with van der Waals surface area (Å²) in [5, 5.41) is 24.1. The average molecular weight is 705 g/mol. The summed E-state index contributed by atoms with van der Waals surface area (Å²) >= 11 is 6.30. The fourth-order valence-electron chi connectivity index (χ4n) is 5.84. The predicted octanol–water partition coefficient (Wildman–Crippen LogP) is 5.04. The van der Waals surface area contributed by atoms with Gasteiger partial charge in [-0.3, -0.25) is 19.3 Å². The minimum Gasteiger partial charge on any atom is -0.483 e. The van der Waals surface area contributed by atoms with E-state index in [4.69, 9.17) is 32.0 Å². The zero-order valence-corrected chi connectivity index (χ0v) is 28.8. The molecule has 5 N–H and O–H groups in total. The highest BCUT2D eigenvalue weighted by molar-refractivity contribution is 6.32. The van der Waals surface area contributed by atoms with Crippen molar-refractivity contribution in [2.75, 3.05) is 11.4 Å². The predicted molar refractivity (Wildman–Crippen MR) is 187 cm³/mol. The van der Waals surface area contributed by atoms with Gasteiger partial charge in [0.15, 0.2) is 5.82 Å². The molecule has 50 heavy (non-hydrogen) atoms. The van der Waals surface area contributed by atoms with E-state index in [2.05, 4.69) is 30.9 Å². The Balaban J connectivity index is 0.00000181. The Hall–Kier alpha value is -5.37. The number of aromatic nitrogens is 5. The van der Waals surface area contributed by atoms with Gasteiger partial charge in [-0.05, 0) is 110 Å². The van der Waals surface area contributed by atoms with E-state index < -0.39 is 23.6 Å². The fourth-order valence-corrected chi connectivity index (χ4v) is 6.07. The summed E-state index contributed by atoms with van der Waals surface area (Å²) in [5.41, 5.74) is 9.23. The normalized spacial score (nSPS) is 16.2. The lowest BCUT2D eigenvalue weighted by Crippen LogP contribution is -2.52. The van der Waals surface area contributed by atoms with E-state index in [1.165, 1.54) is 0 Å². The van der Waals surface area contributed by atoms with Gasteiger partial charge in [-0.1, -0.05) is 35.9 Å². The monoisotopic (exact) mass is 704 g/mol. The van der Waals surface area contributed by atoms with Gasteiger partial charge in [-0.2, -0.15) is 0 Å². The second kappa shape index (κ2) is 17.3. The van der Waals surface area contributed by atoms with Gasteiger partial charge in [0.1, 0.15) is 16.8 Å². The van der Waals surface area contributed by atoms with Crippen LogP contribution in [0, 0.1) is 11.8 Å². The molecule has 1 aliphatic carbocycles. The number of benzene rings is 2. The van der Waals surface area contributed by atoms with Crippen LogP contribution in [0.5, 0.6) is 0 Å². The zero-order valence-electron chi connectivity index (χ0n) is 28.1. The summed E-state index contributed by atoms with van der Waals surface area (Å²) in [6, 6.07) is 17.5. The van der Waals surface area contributed by atoms with Crippen molar-refractivity contribution in [2.24, 2.45) is 17.6 Å². The van der Waals surface area contributed by atoms with Crippen molar-refractivity contribution in [2.45, 2.75) is 64.5 Å². The lowest BCUT2D eigenvalue weighted by Gasteiger charge is -2.36. The van der Waals surface area contributed by atoms with Gasteiger partial charge in [-0.15, -0.1) is 5.10 Å². The molecule has 0 unspecified atom stereocenters. The van der Waals surface area contributed by atoms with Crippen LogP contribution in [0.1, 0.15) is 52.0 Å². The van der Waals surface area contributed by atoms with Crippen molar-refractivity contribution >= 4 is 41.7 Å². The number of nitrogens with one attached hydrogen (secondary N) is 2. The fraction of sp³-hybridized carbons (Fsp3) is 0.371. The molecular weight excluding hydrogens is 664 g/mol. The number of alkyl carbamates (subject to hydrolysis) is 1. The van der Waals surface area contributed by atoms with Gasteiger partial charge in [0.2, 0.25) is 11.8 Å². The van der Waals surface area contributed by atoms with Crippen LogP contribution in [0.4, 0.5) is 10.5 Å². The van der Waals surface area contributed by atoms with E-state index in [1.54, 1.807) is 35.4 Å². The van der Waals surface area contributed by atoms with Gasteiger partial charge in [0, 0.05) is 41.9 Å². The molecule has 1 aliphatic rings. The minimum absolute atomic E-state index is 0.166. The first-order valence-electron chi connectivity index (χ1n) is 16.1. The number of pyridine rings is 1. The Kier molecular flexibility index (Phi) is 13.0. The molecule has 5 rings (SSSR count). The highest BCUT2D eigenvalue weighted by Gasteiger charge is 2.36. The topological polar surface area (TPSA) is 206 Å². The van der Waals surface area contributed by atoms with E-state index in [-0.39, 0.29) is 30.6 Å². The lowest BCUT2D eigenvalue weighted by atomic mass is 9.81. The molecule has 1 fully saturated rings. The average Bonchev–Trinajstić information content (AvgIpc) is 3.63. The Bertz CT molecular complexity index is 1720. The Morgan fingerprint density at radius 2 is 1.70 bits per heavy atom. The summed E-state index contributed by atoms with van der Waals surface area (Å²) in [4.78, 5) is 53.6. The highest BCUT2D eigenvalue weighted by Crippen LogP contribution is 2.33. The second-order valence-corrected chi connectivity index (χ2v) is 13.2. The number of amides is 3. The maximum Gasteiger partial charge on any atom is 0.407 e. The molecule has 14 nitrogen and oxygen atoms in total. The first kappa shape index (κ1) is 37.4. The van der Waals surface area contributed by atoms with E-state index in [0.717, 1.165) is 35.1 Å². The standard InChI is InChI=1S/C34H39ClN8O4.CH2O2/c1-34(2,3)47-33(46)38-20-22-8-12-25(13-9-22)32(45)43(26-16-14-24(15-17-26)31-39-41-42-40-31)28(30(36)44)19-21-6-10-23(11-7-21)27-5-4-18-37-29(27)35;2-1-3/h4-7,10-11,14-18,22,25,28H,8-9,12-13,19-20H2,1-3H3,(H2,36,44)(H,38,46)(H,39,40,41,42);1H,(H,2,3)/t22-,25-,28-;/m0./s1. The van der Waals surface area contributed by atoms with Crippen molar-refractivity contribution in [1.82, 2.24) is 30.9 Å². The first-order valence-corrected chi connectivity index (χ1v) is 16.5. The Morgan fingerprint density at radius 3 is 2.26 bits per heavy atom. The van der Waals surface area contributed by atoms with E-state index in [1.807, 2.05) is 57.2 Å². The molecule has 2 aromatic heterocycles. The van der Waals surface area contributed by atoms with Gasteiger partial charge < -0.3 is 20.9 Å². The number of nitrogens with zero attached hydrogens (tertiary/aromatic N) is 5. The first-order chi connectivity index (χ1) is 23.9. The summed E-state index contributed by atoms with van der Waals surface area (Å²) in [6.45, 7) is 5.69. The number of aromatic amines is 1. The molecule has 0 radical (unpaired) electrons. The van der Waals surface area contributed by atoms with Crippen molar-refractivity contribution in [3.63, 3.8) is 0 Å². The molecular formula is C35H41ClN8O6. The molecule has 264 valence electrons. The number of tetrazole rings is 1. The Labute approximate surface area is 294 Å². The molecule has 15 heteroatoms. The van der Waals surface area contributed by atoms with Gasteiger partial charge in [0.25, 0.3) is 6.47 Å². The van der Waals surface area contributed by atoms with E-state index in [9.17, 15) is 14.4 Å². The molecule has 0 saturated heterocycles. The SMILES string of the molecule is CC(C)(C)OC(=O)NC[C@H]1CC[C@H](C(=O)N(c2ccc(-c3nnn[nH]3)cc2)[C@@H](Cc2ccc(-c3cccnc3Cl)cc2)C(N)=O)CC1.O=CO. The van der Waals surface area contributed by atoms with Gasteiger partial charge in [-0.25, -0.2) is 14.9 Å². The Morgan fingerprint density at radius 1 is 1.06 bits per heavy atom. The maximum absolute atomic E-state index is 14.3. The molecule has 1 saturated carbocycles. The molecule has 3 amide bonds. The molecule has 0 spiro atoms. The van der Waals surface area contributed by atoms with Crippen molar-refractivity contribution in [3.05, 3.63) is 77.6 Å². The van der Waals surface area contributed by atoms with Crippen LogP contribution in [0.25, 0.3) is 22.5 Å².